The first kappa shape index (κ1) is 27.6. The molecule has 0 aliphatic carbocycles. The predicted molar refractivity (Wildman–Crippen MR) is 148 cm³/mol. The highest BCUT2D eigenvalue weighted by atomic mass is 16.5. The molecule has 1 unspecified atom stereocenters. The van der Waals surface area contributed by atoms with Crippen molar-refractivity contribution >= 4 is 29.1 Å². The first-order valence-corrected chi connectivity index (χ1v) is 12.9. The second-order valence-electron chi connectivity index (χ2n) is 9.71. The second kappa shape index (κ2) is 11.5. The summed E-state index contributed by atoms with van der Waals surface area (Å²) in [5.41, 5.74) is 3.02. The number of benzene rings is 2. The summed E-state index contributed by atoms with van der Waals surface area (Å²) in [5.74, 6) is -1.70. The van der Waals surface area contributed by atoms with Gasteiger partial charge in [-0.1, -0.05) is 32.9 Å². The topological polar surface area (TPSA) is 106 Å². The van der Waals surface area contributed by atoms with E-state index in [-0.39, 0.29) is 29.4 Å². The van der Waals surface area contributed by atoms with Crippen LogP contribution >= 0.6 is 0 Å². The van der Waals surface area contributed by atoms with Crippen molar-refractivity contribution in [2.75, 3.05) is 18.6 Å². The lowest BCUT2D eigenvalue weighted by atomic mass is 9.91. The number of carbonyl (C=O) groups excluding carboxylic acids is 3. The van der Waals surface area contributed by atoms with Gasteiger partial charge >= 0.3 is 5.97 Å². The number of amides is 1. The minimum atomic E-state index is -0.968. The summed E-state index contributed by atoms with van der Waals surface area (Å²) in [6, 6.07) is 12.4. The van der Waals surface area contributed by atoms with Gasteiger partial charge in [0.15, 0.2) is 0 Å². The van der Waals surface area contributed by atoms with Crippen LogP contribution in [0.2, 0.25) is 0 Å². The quantitative estimate of drug-likeness (QED) is 0.173. The van der Waals surface area contributed by atoms with E-state index in [4.69, 9.17) is 9.47 Å². The fraction of sp³-hybridized carbons (Fsp3) is 0.290. The van der Waals surface area contributed by atoms with Gasteiger partial charge in [-0.25, -0.2) is 4.79 Å². The number of nitrogens with zero attached hydrogens (tertiary/aromatic N) is 2. The summed E-state index contributed by atoms with van der Waals surface area (Å²) < 4.78 is 10.8. The van der Waals surface area contributed by atoms with Crippen LogP contribution in [0.1, 0.15) is 71.8 Å². The number of pyridine rings is 1. The molecule has 0 spiro atoms. The van der Waals surface area contributed by atoms with Gasteiger partial charge in [-0.2, -0.15) is 0 Å². The molecule has 1 aliphatic rings. The lowest BCUT2D eigenvalue weighted by Gasteiger charge is -2.25. The number of aryl methyl sites for hydroxylation is 1. The average molecular weight is 529 g/mol. The molecule has 3 aromatic rings. The molecule has 8 nitrogen and oxygen atoms in total. The summed E-state index contributed by atoms with van der Waals surface area (Å²) in [6.07, 6.45) is 3.81. The van der Waals surface area contributed by atoms with Crippen LogP contribution in [0.25, 0.3) is 5.76 Å². The molecule has 39 heavy (non-hydrogen) atoms. The van der Waals surface area contributed by atoms with Gasteiger partial charge in [0, 0.05) is 23.6 Å². The van der Waals surface area contributed by atoms with Crippen molar-refractivity contribution in [3.63, 3.8) is 0 Å². The highest BCUT2D eigenvalue weighted by Crippen LogP contribution is 2.43. The van der Waals surface area contributed by atoms with Gasteiger partial charge in [-0.3, -0.25) is 19.5 Å². The van der Waals surface area contributed by atoms with E-state index in [9.17, 15) is 19.5 Å². The molecule has 1 saturated heterocycles. The Hall–Kier alpha value is -4.46. The molecule has 2 heterocycles. The average Bonchev–Trinajstić information content (AvgIpc) is 3.21. The molecular formula is C31H32N2O6. The molecule has 1 fully saturated rings. The zero-order chi connectivity index (χ0) is 28.3. The fourth-order valence-corrected chi connectivity index (χ4v) is 4.74. The van der Waals surface area contributed by atoms with E-state index in [1.54, 1.807) is 55.9 Å². The molecule has 0 radical (unpaired) electrons. The summed E-state index contributed by atoms with van der Waals surface area (Å²) in [7, 11) is 1.58. The fourth-order valence-electron chi connectivity index (χ4n) is 4.74. The number of hydrogen-bond donors (Lipinski definition) is 1. The summed E-state index contributed by atoms with van der Waals surface area (Å²) in [4.78, 5) is 45.1. The van der Waals surface area contributed by atoms with Gasteiger partial charge in [0.2, 0.25) is 0 Å². The number of anilines is 1. The van der Waals surface area contributed by atoms with Crippen molar-refractivity contribution < 1.29 is 29.0 Å². The van der Waals surface area contributed by atoms with Crippen LogP contribution in [0.5, 0.6) is 5.75 Å². The normalized spacial score (nSPS) is 16.6. The molecule has 0 bridgehead atoms. The van der Waals surface area contributed by atoms with Crippen LogP contribution in [0.4, 0.5) is 5.69 Å². The summed E-state index contributed by atoms with van der Waals surface area (Å²) >= 11 is 0. The number of ether oxygens (including phenoxy) is 2. The van der Waals surface area contributed by atoms with Gasteiger partial charge < -0.3 is 14.6 Å². The number of aliphatic hydroxyl groups excluding tert-OH is 1. The number of ketones is 1. The van der Waals surface area contributed by atoms with Gasteiger partial charge in [0.05, 0.1) is 30.9 Å². The molecule has 4 rings (SSSR count). The number of aromatic nitrogens is 1. The first-order chi connectivity index (χ1) is 18.7. The molecule has 1 aromatic heterocycles. The minimum Gasteiger partial charge on any atom is -0.507 e. The summed E-state index contributed by atoms with van der Waals surface area (Å²) in [6.45, 7) is 7.98. The highest BCUT2D eigenvalue weighted by molar-refractivity contribution is 6.51. The van der Waals surface area contributed by atoms with Crippen molar-refractivity contribution in [1.82, 2.24) is 4.98 Å². The van der Waals surface area contributed by atoms with Crippen molar-refractivity contribution in [2.45, 2.75) is 46.1 Å². The van der Waals surface area contributed by atoms with E-state index in [1.807, 2.05) is 33.8 Å². The maximum atomic E-state index is 13.6. The lowest BCUT2D eigenvalue weighted by molar-refractivity contribution is -0.132. The third-order valence-corrected chi connectivity index (χ3v) is 6.70. The van der Waals surface area contributed by atoms with Crippen molar-refractivity contribution in [1.29, 1.82) is 0 Å². The van der Waals surface area contributed by atoms with Gasteiger partial charge in [-0.05, 0) is 72.4 Å². The Labute approximate surface area is 227 Å². The zero-order valence-electron chi connectivity index (χ0n) is 22.7. The largest absolute Gasteiger partial charge is 0.507 e. The van der Waals surface area contributed by atoms with Crippen LogP contribution in [-0.4, -0.2) is 41.5 Å². The number of hydrogen-bond acceptors (Lipinski definition) is 7. The SMILES string of the molecule is CCCOC(=O)c1cccc(N2C(=O)C(=O)/C(=C(/O)c3cc(C(C)C)c(OC)cc3C)C2c2cccnc2)c1. The maximum Gasteiger partial charge on any atom is 0.338 e. The standard InChI is InChI=1S/C31H32N2O6/c1-6-13-39-31(37)20-9-7-11-22(15-20)33-27(21-10-8-12-32-17-21)26(29(35)30(33)36)28(34)24-16-23(18(2)3)25(38-5)14-19(24)4/h7-12,14-18,27,34H,6,13H2,1-5H3/b28-26+. The van der Waals surface area contributed by atoms with Crippen LogP contribution in [0.15, 0.2) is 66.5 Å². The van der Waals surface area contributed by atoms with Crippen LogP contribution < -0.4 is 9.64 Å². The van der Waals surface area contributed by atoms with Crippen LogP contribution in [0, 0.1) is 6.92 Å². The van der Waals surface area contributed by atoms with Crippen LogP contribution in [0.3, 0.4) is 0 Å². The number of esters is 1. The number of rotatable bonds is 8. The number of aliphatic hydroxyl groups is 1. The minimum absolute atomic E-state index is 0.0602. The molecule has 1 atom stereocenters. The number of Topliss-reactive ketones (excluding diaryl/α,β-unsaturated/α-hetero) is 1. The molecule has 1 amide bonds. The van der Waals surface area contributed by atoms with Crippen molar-refractivity contribution in [2.24, 2.45) is 0 Å². The molecule has 1 N–H and O–H groups in total. The Bertz CT molecular complexity index is 1440. The van der Waals surface area contributed by atoms with E-state index in [0.29, 0.717) is 34.5 Å². The molecule has 8 heteroatoms. The predicted octanol–water partition coefficient (Wildman–Crippen LogP) is 5.72. The molecule has 1 aliphatic heterocycles. The highest BCUT2D eigenvalue weighted by Gasteiger charge is 2.47. The Morgan fingerprint density at radius 2 is 1.90 bits per heavy atom. The second-order valence-corrected chi connectivity index (χ2v) is 9.71. The maximum absolute atomic E-state index is 13.6. The van der Waals surface area contributed by atoms with Crippen molar-refractivity contribution in [3.8, 4) is 5.75 Å². The van der Waals surface area contributed by atoms with E-state index < -0.39 is 23.7 Å². The number of methoxy groups -OCH3 is 1. The van der Waals surface area contributed by atoms with Gasteiger partial charge in [-0.15, -0.1) is 0 Å². The van der Waals surface area contributed by atoms with Crippen molar-refractivity contribution in [3.05, 3.63) is 94.3 Å². The van der Waals surface area contributed by atoms with Gasteiger partial charge in [0.1, 0.15) is 11.5 Å². The number of carbonyl (C=O) groups is 3. The lowest BCUT2D eigenvalue weighted by Crippen LogP contribution is -2.29. The summed E-state index contributed by atoms with van der Waals surface area (Å²) in [5, 5.41) is 11.6. The smallest absolute Gasteiger partial charge is 0.338 e. The third-order valence-electron chi connectivity index (χ3n) is 6.70. The Kier molecular flexibility index (Phi) is 8.14. The van der Waals surface area contributed by atoms with Crippen LogP contribution in [-0.2, 0) is 14.3 Å². The molecule has 0 saturated carbocycles. The Balaban J connectivity index is 1.91. The van der Waals surface area contributed by atoms with E-state index >= 15 is 0 Å². The van der Waals surface area contributed by atoms with E-state index in [2.05, 4.69) is 4.98 Å². The molecular weight excluding hydrogens is 496 g/mol. The van der Waals surface area contributed by atoms with Gasteiger partial charge in [0.25, 0.3) is 11.7 Å². The Morgan fingerprint density at radius 3 is 2.54 bits per heavy atom. The van der Waals surface area contributed by atoms with E-state index in [1.165, 1.54) is 11.0 Å². The third kappa shape index (κ3) is 5.27. The first-order valence-electron chi connectivity index (χ1n) is 12.9. The van der Waals surface area contributed by atoms with E-state index in [0.717, 1.165) is 5.56 Å². The Morgan fingerprint density at radius 1 is 1.13 bits per heavy atom. The monoisotopic (exact) mass is 528 g/mol. The zero-order valence-corrected chi connectivity index (χ0v) is 22.7. The molecule has 202 valence electrons. The molecule has 2 aromatic carbocycles.